The number of ether oxygens (including phenoxy) is 1. The molecular formula is C15H20O. The lowest BCUT2D eigenvalue weighted by Crippen LogP contribution is -2.38. The molecule has 1 aliphatic heterocycles. The van der Waals surface area contributed by atoms with Gasteiger partial charge in [0.2, 0.25) is 0 Å². The second-order valence-electron chi connectivity index (χ2n) is 5.47. The molecule has 86 valence electrons. The predicted molar refractivity (Wildman–Crippen MR) is 65.9 cm³/mol. The van der Waals surface area contributed by atoms with Gasteiger partial charge in [-0.1, -0.05) is 37.5 Å². The number of para-hydroxylation sites is 1. The predicted octanol–water partition coefficient (Wildman–Crippen LogP) is 4.06. The zero-order valence-corrected chi connectivity index (χ0v) is 10.0. The minimum atomic E-state index is 0.382. The van der Waals surface area contributed by atoms with Gasteiger partial charge in [0.05, 0.1) is 6.10 Å². The van der Waals surface area contributed by atoms with Crippen molar-refractivity contribution in [3.8, 4) is 5.75 Å². The van der Waals surface area contributed by atoms with E-state index in [2.05, 4.69) is 31.2 Å². The molecule has 1 fully saturated rings. The molecule has 0 N–H and O–H groups in total. The zero-order chi connectivity index (χ0) is 11.0. The molecule has 16 heavy (non-hydrogen) atoms. The van der Waals surface area contributed by atoms with Crippen LogP contribution in [-0.4, -0.2) is 6.10 Å². The van der Waals surface area contributed by atoms with Gasteiger partial charge in [-0.15, -0.1) is 0 Å². The van der Waals surface area contributed by atoms with Gasteiger partial charge in [-0.05, 0) is 32.3 Å². The maximum Gasteiger partial charge on any atom is 0.123 e. The van der Waals surface area contributed by atoms with Crippen LogP contribution in [-0.2, 0) is 5.41 Å². The Kier molecular flexibility index (Phi) is 2.42. The van der Waals surface area contributed by atoms with E-state index in [4.69, 9.17) is 4.74 Å². The van der Waals surface area contributed by atoms with Crippen molar-refractivity contribution in [3.63, 3.8) is 0 Å². The van der Waals surface area contributed by atoms with E-state index in [-0.39, 0.29) is 0 Å². The molecule has 3 rings (SSSR count). The summed E-state index contributed by atoms with van der Waals surface area (Å²) in [5.74, 6) is 1.14. The first-order valence-electron chi connectivity index (χ1n) is 6.56. The van der Waals surface area contributed by atoms with Crippen molar-refractivity contribution in [2.45, 2.75) is 57.0 Å². The van der Waals surface area contributed by atoms with Gasteiger partial charge >= 0.3 is 0 Å². The second-order valence-corrected chi connectivity index (χ2v) is 5.47. The SMILES string of the molecule is CC1CC2(CCCCC2)c2ccccc2O1. The Labute approximate surface area is 97.8 Å². The van der Waals surface area contributed by atoms with E-state index in [9.17, 15) is 0 Å². The van der Waals surface area contributed by atoms with Crippen molar-refractivity contribution in [3.05, 3.63) is 29.8 Å². The molecule has 1 aromatic rings. The Balaban J connectivity index is 2.05. The zero-order valence-electron chi connectivity index (χ0n) is 10.0. The molecule has 0 aromatic heterocycles. The largest absolute Gasteiger partial charge is 0.490 e. The molecule has 1 unspecified atom stereocenters. The van der Waals surface area contributed by atoms with E-state index < -0.39 is 0 Å². The van der Waals surface area contributed by atoms with E-state index >= 15 is 0 Å². The summed E-state index contributed by atoms with van der Waals surface area (Å²) >= 11 is 0. The van der Waals surface area contributed by atoms with Gasteiger partial charge in [-0.25, -0.2) is 0 Å². The topological polar surface area (TPSA) is 9.23 Å². The van der Waals surface area contributed by atoms with Crippen LogP contribution < -0.4 is 4.74 Å². The Morgan fingerprint density at radius 2 is 1.88 bits per heavy atom. The molecule has 2 aliphatic rings. The van der Waals surface area contributed by atoms with Gasteiger partial charge in [0.25, 0.3) is 0 Å². The van der Waals surface area contributed by atoms with Crippen molar-refractivity contribution in [1.29, 1.82) is 0 Å². The Bertz CT molecular complexity index is 377. The number of hydrogen-bond acceptors (Lipinski definition) is 1. The monoisotopic (exact) mass is 216 g/mol. The molecule has 0 radical (unpaired) electrons. The molecule has 1 aliphatic carbocycles. The summed E-state index contributed by atoms with van der Waals surface area (Å²) in [5.41, 5.74) is 1.92. The Hall–Kier alpha value is -0.980. The molecule has 1 heterocycles. The molecule has 0 bridgehead atoms. The number of fused-ring (bicyclic) bond motifs is 2. The van der Waals surface area contributed by atoms with Crippen LogP contribution in [0.4, 0.5) is 0 Å². The van der Waals surface area contributed by atoms with Crippen molar-refractivity contribution >= 4 is 0 Å². The highest BCUT2D eigenvalue weighted by Gasteiger charge is 2.40. The standard InChI is InChI=1S/C15H20O/c1-12-11-15(9-5-2-6-10-15)13-7-3-4-8-14(13)16-12/h3-4,7-8,12H,2,5-6,9-11H2,1H3. The lowest BCUT2D eigenvalue weighted by Gasteiger charge is -2.44. The van der Waals surface area contributed by atoms with Crippen LogP contribution in [0.1, 0.15) is 51.0 Å². The summed E-state index contributed by atoms with van der Waals surface area (Å²) in [4.78, 5) is 0. The third-order valence-corrected chi connectivity index (χ3v) is 4.28. The highest BCUT2D eigenvalue weighted by Crippen LogP contribution is 2.49. The van der Waals surface area contributed by atoms with Crippen LogP contribution in [0.15, 0.2) is 24.3 Å². The van der Waals surface area contributed by atoms with Crippen LogP contribution in [0.2, 0.25) is 0 Å². The summed E-state index contributed by atoms with van der Waals surface area (Å²) in [6, 6.07) is 8.68. The van der Waals surface area contributed by atoms with Gasteiger partial charge in [-0.2, -0.15) is 0 Å². The average molecular weight is 216 g/mol. The summed E-state index contributed by atoms with van der Waals surface area (Å²) in [6.07, 6.45) is 8.51. The second kappa shape index (κ2) is 3.80. The van der Waals surface area contributed by atoms with Gasteiger partial charge < -0.3 is 4.74 Å². The fourth-order valence-electron chi connectivity index (χ4n) is 3.63. The molecule has 1 nitrogen and oxygen atoms in total. The van der Waals surface area contributed by atoms with Gasteiger partial charge in [0.1, 0.15) is 5.75 Å². The highest BCUT2D eigenvalue weighted by atomic mass is 16.5. The minimum absolute atomic E-state index is 0.382. The van der Waals surface area contributed by atoms with Crippen LogP contribution >= 0.6 is 0 Å². The fraction of sp³-hybridized carbons (Fsp3) is 0.600. The maximum atomic E-state index is 5.96. The number of rotatable bonds is 0. The van der Waals surface area contributed by atoms with Gasteiger partial charge in [0, 0.05) is 11.0 Å². The van der Waals surface area contributed by atoms with Crippen LogP contribution in [0.5, 0.6) is 5.75 Å². The van der Waals surface area contributed by atoms with Crippen molar-refractivity contribution in [2.24, 2.45) is 0 Å². The molecule has 0 saturated heterocycles. The van der Waals surface area contributed by atoms with E-state index in [0.29, 0.717) is 11.5 Å². The highest BCUT2D eigenvalue weighted by molar-refractivity contribution is 5.42. The van der Waals surface area contributed by atoms with Gasteiger partial charge in [0.15, 0.2) is 0 Å². The van der Waals surface area contributed by atoms with Crippen molar-refractivity contribution in [2.75, 3.05) is 0 Å². The smallest absolute Gasteiger partial charge is 0.123 e. The molecular weight excluding hydrogens is 196 g/mol. The quantitative estimate of drug-likeness (QED) is 0.635. The maximum absolute atomic E-state index is 5.96. The molecule has 1 heteroatoms. The van der Waals surface area contributed by atoms with E-state index in [1.54, 1.807) is 0 Å². The summed E-state index contributed by atoms with van der Waals surface area (Å²) in [7, 11) is 0. The Morgan fingerprint density at radius 3 is 2.69 bits per heavy atom. The first kappa shape index (κ1) is 10.2. The number of benzene rings is 1. The number of hydrogen-bond donors (Lipinski definition) is 0. The van der Waals surface area contributed by atoms with E-state index in [1.165, 1.54) is 44.1 Å². The van der Waals surface area contributed by atoms with Crippen LogP contribution in [0.3, 0.4) is 0 Å². The van der Waals surface area contributed by atoms with Crippen LogP contribution in [0, 0.1) is 0 Å². The lowest BCUT2D eigenvalue weighted by atomic mass is 9.65. The summed E-state index contributed by atoms with van der Waals surface area (Å²) in [5, 5.41) is 0. The summed E-state index contributed by atoms with van der Waals surface area (Å²) in [6.45, 7) is 2.21. The van der Waals surface area contributed by atoms with E-state index in [1.807, 2.05) is 0 Å². The summed E-state index contributed by atoms with van der Waals surface area (Å²) < 4.78 is 5.96. The first-order chi connectivity index (χ1) is 7.80. The third kappa shape index (κ3) is 1.53. The lowest BCUT2D eigenvalue weighted by molar-refractivity contribution is 0.113. The normalized spacial score (nSPS) is 27.2. The average Bonchev–Trinajstić information content (AvgIpc) is 2.30. The van der Waals surface area contributed by atoms with Crippen LogP contribution in [0.25, 0.3) is 0 Å². The molecule has 1 aromatic carbocycles. The third-order valence-electron chi connectivity index (χ3n) is 4.28. The molecule has 1 spiro atoms. The van der Waals surface area contributed by atoms with E-state index in [0.717, 1.165) is 5.75 Å². The minimum Gasteiger partial charge on any atom is -0.490 e. The molecule has 0 amide bonds. The van der Waals surface area contributed by atoms with Crippen molar-refractivity contribution < 1.29 is 4.74 Å². The van der Waals surface area contributed by atoms with Gasteiger partial charge in [-0.3, -0.25) is 0 Å². The Morgan fingerprint density at radius 1 is 1.12 bits per heavy atom. The fourth-order valence-corrected chi connectivity index (χ4v) is 3.63. The molecule has 1 saturated carbocycles. The first-order valence-corrected chi connectivity index (χ1v) is 6.56. The molecule has 1 atom stereocenters. The van der Waals surface area contributed by atoms with Crippen molar-refractivity contribution in [1.82, 2.24) is 0 Å².